The van der Waals surface area contributed by atoms with Crippen LogP contribution in [-0.4, -0.2) is 34.9 Å². The largest absolute Gasteiger partial charge is 0.449 e. The lowest BCUT2D eigenvalue weighted by atomic mass is 9.90. The van der Waals surface area contributed by atoms with Gasteiger partial charge in [0, 0.05) is 24.7 Å². The van der Waals surface area contributed by atoms with E-state index in [1.807, 2.05) is 54.6 Å². The highest BCUT2D eigenvalue weighted by Gasteiger charge is 2.27. The Kier molecular flexibility index (Phi) is 5.79. The van der Waals surface area contributed by atoms with Crippen molar-refractivity contribution in [2.45, 2.75) is 45.3 Å². The molecule has 0 unspecified atom stereocenters. The van der Waals surface area contributed by atoms with E-state index in [0.717, 1.165) is 53.4 Å². The molecule has 0 fully saturated rings. The van der Waals surface area contributed by atoms with Crippen LogP contribution < -0.4 is 0 Å². The number of pyridine rings is 1. The van der Waals surface area contributed by atoms with Crippen molar-refractivity contribution in [3.8, 4) is 0 Å². The Bertz CT molecular complexity index is 1080. The lowest BCUT2D eigenvalue weighted by Gasteiger charge is -2.23. The number of amides is 1. The number of ether oxygens (including phenoxy) is 1. The number of carbonyl (C=O) groups is 2. The van der Waals surface area contributed by atoms with E-state index in [4.69, 9.17) is 9.72 Å². The van der Waals surface area contributed by atoms with E-state index in [-0.39, 0.29) is 5.91 Å². The number of fused-ring (bicyclic) bond motifs is 2. The van der Waals surface area contributed by atoms with Gasteiger partial charge in [-0.15, -0.1) is 0 Å². The summed E-state index contributed by atoms with van der Waals surface area (Å²) < 4.78 is 5.67. The number of likely N-dealkylation sites (N-methyl/N-ethyl adjacent to an activating group) is 1. The fraction of sp³-hybridized carbons (Fsp3) is 0.320. The van der Waals surface area contributed by atoms with Gasteiger partial charge in [0.1, 0.15) is 0 Å². The van der Waals surface area contributed by atoms with Crippen molar-refractivity contribution >= 4 is 22.8 Å². The van der Waals surface area contributed by atoms with Crippen LogP contribution in [0.2, 0.25) is 0 Å². The minimum Gasteiger partial charge on any atom is -0.449 e. The number of hydrogen-bond donors (Lipinski definition) is 0. The van der Waals surface area contributed by atoms with Gasteiger partial charge in [-0.2, -0.15) is 0 Å². The average molecular weight is 402 g/mol. The molecule has 1 aliphatic carbocycles. The molecule has 0 spiro atoms. The quantitative estimate of drug-likeness (QED) is 0.597. The molecule has 5 heteroatoms. The summed E-state index contributed by atoms with van der Waals surface area (Å²) in [5.41, 5.74) is 4.35. The number of carbonyl (C=O) groups excluding carboxylic acids is 2. The van der Waals surface area contributed by atoms with Gasteiger partial charge in [0.2, 0.25) is 0 Å². The molecular formula is C25H26N2O3. The number of esters is 1. The van der Waals surface area contributed by atoms with Crippen LogP contribution in [0, 0.1) is 0 Å². The predicted molar refractivity (Wildman–Crippen MR) is 116 cm³/mol. The first-order valence-electron chi connectivity index (χ1n) is 10.4. The maximum absolute atomic E-state index is 13.2. The van der Waals surface area contributed by atoms with Crippen LogP contribution in [0.3, 0.4) is 0 Å². The summed E-state index contributed by atoms with van der Waals surface area (Å²) in [6.07, 6.45) is 2.92. The lowest BCUT2D eigenvalue weighted by Crippen LogP contribution is -2.37. The number of benzene rings is 2. The van der Waals surface area contributed by atoms with E-state index >= 15 is 0 Å². The number of rotatable bonds is 5. The summed E-state index contributed by atoms with van der Waals surface area (Å²) in [6, 6.07) is 17.4. The highest BCUT2D eigenvalue weighted by molar-refractivity contribution is 6.05. The van der Waals surface area contributed by atoms with Gasteiger partial charge in [0.15, 0.2) is 6.10 Å². The zero-order valence-corrected chi connectivity index (χ0v) is 17.4. The van der Waals surface area contributed by atoms with Gasteiger partial charge >= 0.3 is 5.97 Å². The molecular weight excluding hydrogens is 376 g/mol. The Morgan fingerprint density at radius 3 is 2.53 bits per heavy atom. The van der Waals surface area contributed by atoms with E-state index in [1.165, 1.54) is 0 Å². The highest BCUT2D eigenvalue weighted by Crippen LogP contribution is 2.30. The predicted octanol–water partition coefficient (Wildman–Crippen LogP) is 4.32. The zero-order valence-electron chi connectivity index (χ0n) is 17.4. The summed E-state index contributed by atoms with van der Waals surface area (Å²) in [5.74, 6) is -0.667. The van der Waals surface area contributed by atoms with Gasteiger partial charge in [-0.3, -0.25) is 9.78 Å². The van der Waals surface area contributed by atoms with Crippen molar-refractivity contribution in [3.63, 3.8) is 0 Å². The van der Waals surface area contributed by atoms with Crippen molar-refractivity contribution in [1.82, 2.24) is 9.88 Å². The highest BCUT2D eigenvalue weighted by atomic mass is 16.5. The summed E-state index contributed by atoms with van der Waals surface area (Å²) in [5, 5.41) is 0.792. The van der Waals surface area contributed by atoms with Gasteiger partial charge < -0.3 is 9.64 Å². The number of hydrogen-bond acceptors (Lipinski definition) is 4. The van der Waals surface area contributed by atoms with Crippen LogP contribution in [0.15, 0.2) is 54.6 Å². The smallest absolute Gasteiger partial charge is 0.339 e. The standard InChI is InChI=1S/C25H26N2O3/c1-17(24(28)27(2)16-18-10-4-3-5-11-18)30-25(29)23-19-12-6-8-14-21(19)26-22-15-9-7-13-20(22)23/h3-6,8,10-12,14,17H,7,9,13,15-16H2,1-2H3/t17-/m0/s1. The molecule has 1 heterocycles. The Labute approximate surface area is 176 Å². The summed E-state index contributed by atoms with van der Waals surface area (Å²) in [6.45, 7) is 2.10. The molecule has 0 aliphatic heterocycles. The number of aromatic nitrogens is 1. The van der Waals surface area contributed by atoms with Gasteiger partial charge in [0.25, 0.3) is 5.91 Å². The fourth-order valence-corrected chi connectivity index (χ4v) is 4.12. The van der Waals surface area contributed by atoms with Gasteiger partial charge in [-0.1, -0.05) is 48.5 Å². The maximum atomic E-state index is 13.2. The van der Waals surface area contributed by atoms with E-state index in [9.17, 15) is 9.59 Å². The second kappa shape index (κ2) is 8.66. The number of nitrogens with zero attached hydrogens (tertiary/aromatic N) is 2. The molecule has 0 bridgehead atoms. The molecule has 3 aromatic rings. The molecule has 4 rings (SSSR count). The molecule has 1 aromatic heterocycles. The SMILES string of the molecule is C[C@H](OC(=O)c1c2c(nc3ccccc13)CCCC2)C(=O)N(C)Cc1ccccc1. The molecule has 1 amide bonds. The molecule has 1 aliphatic rings. The maximum Gasteiger partial charge on any atom is 0.339 e. The first-order chi connectivity index (χ1) is 14.5. The Morgan fingerprint density at radius 2 is 1.73 bits per heavy atom. The molecule has 2 aromatic carbocycles. The lowest BCUT2D eigenvalue weighted by molar-refractivity contribution is -0.139. The Hall–Kier alpha value is -3.21. The van der Waals surface area contributed by atoms with Crippen LogP contribution >= 0.6 is 0 Å². The molecule has 0 radical (unpaired) electrons. The van der Waals surface area contributed by atoms with Crippen molar-refractivity contribution in [1.29, 1.82) is 0 Å². The van der Waals surface area contributed by atoms with E-state index in [0.29, 0.717) is 12.1 Å². The van der Waals surface area contributed by atoms with Crippen molar-refractivity contribution in [3.05, 3.63) is 77.0 Å². The van der Waals surface area contributed by atoms with Crippen LogP contribution in [0.1, 0.15) is 46.9 Å². The minimum atomic E-state index is -0.864. The molecule has 30 heavy (non-hydrogen) atoms. The van der Waals surface area contributed by atoms with Crippen LogP contribution in [0.4, 0.5) is 0 Å². The van der Waals surface area contributed by atoms with Crippen molar-refractivity contribution < 1.29 is 14.3 Å². The first kappa shape index (κ1) is 20.1. The van der Waals surface area contributed by atoms with E-state index < -0.39 is 12.1 Å². The third-order valence-corrected chi connectivity index (χ3v) is 5.64. The fourth-order valence-electron chi connectivity index (χ4n) is 4.12. The third kappa shape index (κ3) is 4.06. The van der Waals surface area contributed by atoms with Crippen molar-refractivity contribution in [2.75, 3.05) is 7.05 Å². The minimum absolute atomic E-state index is 0.223. The number of aryl methyl sites for hydroxylation is 1. The first-order valence-corrected chi connectivity index (χ1v) is 10.4. The second-order valence-corrected chi connectivity index (χ2v) is 7.86. The molecule has 0 saturated heterocycles. The van der Waals surface area contributed by atoms with E-state index in [2.05, 4.69) is 0 Å². The summed E-state index contributed by atoms with van der Waals surface area (Å²) in [4.78, 5) is 32.4. The number of para-hydroxylation sites is 1. The van der Waals surface area contributed by atoms with Crippen LogP contribution in [0.5, 0.6) is 0 Å². The monoisotopic (exact) mass is 402 g/mol. The average Bonchev–Trinajstić information content (AvgIpc) is 2.77. The zero-order chi connectivity index (χ0) is 21.1. The molecule has 1 atom stereocenters. The normalized spacial score (nSPS) is 14.1. The van der Waals surface area contributed by atoms with Gasteiger partial charge in [-0.25, -0.2) is 4.79 Å². The Balaban J connectivity index is 1.56. The second-order valence-electron chi connectivity index (χ2n) is 7.86. The summed E-state index contributed by atoms with van der Waals surface area (Å²) >= 11 is 0. The third-order valence-electron chi connectivity index (χ3n) is 5.64. The molecule has 5 nitrogen and oxygen atoms in total. The van der Waals surface area contributed by atoms with Crippen LogP contribution in [0.25, 0.3) is 10.9 Å². The van der Waals surface area contributed by atoms with Crippen molar-refractivity contribution in [2.24, 2.45) is 0 Å². The van der Waals surface area contributed by atoms with Gasteiger partial charge in [0.05, 0.1) is 11.1 Å². The summed E-state index contributed by atoms with van der Waals surface area (Å²) in [7, 11) is 1.73. The van der Waals surface area contributed by atoms with Crippen LogP contribution in [-0.2, 0) is 28.9 Å². The van der Waals surface area contributed by atoms with E-state index in [1.54, 1.807) is 18.9 Å². The molecule has 0 saturated carbocycles. The van der Waals surface area contributed by atoms with Gasteiger partial charge in [-0.05, 0) is 49.8 Å². The molecule has 154 valence electrons. The Morgan fingerprint density at radius 1 is 1.03 bits per heavy atom. The topological polar surface area (TPSA) is 59.5 Å². The molecule has 0 N–H and O–H groups in total.